The minimum absolute atomic E-state index is 0.0680. The van der Waals surface area contributed by atoms with Crippen molar-refractivity contribution in [3.05, 3.63) is 29.8 Å². The molecule has 1 aromatic carbocycles. The van der Waals surface area contributed by atoms with E-state index in [4.69, 9.17) is 4.74 Å². The normalized spacial score (nSPS) is 20.5. The van der Waals surface area contributed by atoms with Crippen LogP contribution in [0, 0.1) is 0 Å². The van der Waals surface area contributed by atoms with Crippen molar-refractivity contribution in [2.24, 2.45) is 0 Å². The quantitative estimate of drug-likeness (QED) is 0.651. The fraction of sp³-hybridized carbons (Fsp3) is 0.682. The van der Waals surface area contributed by atoms with Crippen LogP contribution in [0.2, 0.25) is 0 Å². The van der Waals surface area contributed by atoms with E-state index in [-0.39, 0.29) is 18.0 Å². The van der Waals surface area contributed by atoms with Crippen LogP contribution in [-0.2, 0) is 21.5 Å². The van der Waals surface area contributed by atoms with Crippen molar-refractivity contribution < 1.29 is 17.9 Å². The number of ether oxygens (including phenoxy) is 1. The molecule has 8 nitrogen and oxygen atoms in total. The lowest BCUT2D eigenvalue weighted by atomic mass is 9.96. The van der Waals surface area contributed by atoms with E-state index in [0.29, 0.717) is 32.7 Å². The Morgan fingerprint density at radius 1 is 1.16 bits per heavy atom. The lowest BCUT2D eigenvalue weighted by molar-refractivity contribution is -0.126. The molecule has 1 unspecified atom stereocenters. The minimum Gasteiger partial charge on any atom is -0.496 e. The molecule has 0 spiro atoms. The number of carbonyl (C=O) groups is 1. The Hall–Kier alpha value is -1.68. The maximum absolute atomic E-state index is 13.1. The van der Waals surface area contributed by atoms with Crippen LogP contribution in [0.1, 0.15) is 44.6 Å². The van der Waals surface area contributed by atoms with E-state index in [1.807, 2.05) is 36.1 Å². The second-order valence-corrected chi connectivity index (χ2v) is 10.4. The number of hydrogen-bond donors (Lipinski definition) is 1. The molecule has 1 aromatic rings. The minimum atomic E-state index is -3.46. The summed E-state index contributed by atoms with van der Waals surface area (Å²) in [6, 6.07) is 7.39. The Bertz CT molecular complexity index is 834. The van der Waals surface area contributed by atoms with Crippen LogP contribution in [0.4, 0.5) is 0 Å². The summed E-state index contributed by atoms with van der Waals surface area (Å²) in [7, 11) is -0.132. The predicted molar refractivity (Wildman–Crippen MR) is 121 cm³/mol. The highest BCUT2D eigenvalue weighted by Gasteiger charge is 2.36. The molecule has 9 heteroatoms. The molecule has 1 atom stereocenters. The molecule has 1 amide bonds. The van der Waals surface area contributed by atoms with Crippen molar-refractivity contribution in [1.82, 2.24) is 18.8 Å². The SMILES string of the molecule is COc1ccccc1CNC(=O)C(C)N1CCN(S(=O)(=O)N(C)C2CCCCC2)CC1. The Morgan fingerprint density at radius 3 is 2.45 bits per heavy atom. The standard InChI is InChI=1S/C22H36N4O4S/c1-18(22(27)23-17-19-9-7-8-12-21(19)30-3)25-13-15-26(16-14-25)31(28,29)24(2)20-10-5-4-6-11-20/h7-9,12,18,20H,4-6,10-11,13-17H2,1-3H3,(H,23,27). The Labute approximate surface area is 186 Å². The van der Waals surface area contributed by atoms with Crippen LogP contribution < -0.4 is 10.1 Å². The van der Waals surface area contributed by atoms with Crippen LogP contribution in [0.25, 0.3) is 0 Å². The van der Waals surface area contributed by atoms with Crippen LogP contribution in [0.3, 0.4) is 0 Å². The van der Waals surface area contributed by atoms with Gasteiger partial charge in [-0.2, -0.15) is 17.0 Å². The molecule has 0 aromatic heterocycles. The molecular weight excluding hydrogens is 416 g/mol. The molecule has 1 heterocycles. The molecule has 3 rings (SSSR count). The summed E-state index contributed by atoms with van der Waals surface area (Å²) >= 11 is 0. The smallest absolute Gasteiger partial charge is 0.282 e. The summed E-state index contributed by atoms with van der Waals surface area (Å²) in [5, 5.41) is 2.97. The number of nitrogens with zero attached hydrogens (tertiary/aromatic N) is 3. The van der Waals surface area contributed by atoms with E-state index in [2.05, 4.69) is 5.32 Å². The first-order valence-electron chi connectivity index (χ1n) is 11.2. The third-order valence-electron chi connectivity index (χ3n) is 6.63. The second-order valence-electron chi connectivity index (χ2n) is 8.46. The fourth-order valence-corrected chi connectivity index (χ4v) is 6.06. The highest BCUT2D eigenvalue weighted by molar-refractivity contribution is 7.86. The average molecular weight is 453 g/mol. The number of rotatable bonds is 8. The summed E-state index contributed by atoms with van der Waals surface area (Å²) in [5.74, 6) is 0.679. The molecule has 2 aliphatic rings. The molecule has 0 radical (unpaired) electrons. The van der Waals surface area contributed by atoms with Gasteiger partial charge in [0.25, 0.3) is 10.2 Å². The van der Waals surface area contributed by atoms with E-state index in [1.54, 1.807) is 22.8 Å². The highest BCUT2D eigenvalue weighted by atomic mass is 32.2. The van der Waals surface area contributed by atoms with Crippen LogP contribution in [0.15, 0.2) is 24.3 Å². The zero-order valence-electron chi connectivity index (χ0n) is 18.9. The summed E-state index contributed by atoms with van der Waals surface area (Å²) in [6.07, 6.45) is 5.28. The molecule has 1 saturated carbocycles. The predicted octanol–water partition coefficient (Wildman–Crippen LogP) is 1.83. The van der Waals surface area contributed by atoms with E-state index in [0.717, 1.165) is 37.0 Å². The van der Waals surface area contributed by atoms with Crippen molar-refractivity contribution >= 4 is 16.1 Å². The Kier molecular flexibility index (Phi) is 8.32. The first-order valence-corrected chi connectivity index (χ1v) is 12.6. The summed E-state index contributed by atoms with van der Waals surface area (Å²) in [5.41, 5.74) is 0.923. The lowest BCUT2D eigenvalue weighted by Gasteiger charge is -2.40. The van der Waals surface area contributed by atoms with Gasteiger partial charge in [0.15, 0.2) is 0 Å². The van der Waals surface area contributed by atoms with E-state index < -0.39 is 10.2 Å². The van der Waals surface area contributed by atoms with Crippen molar-refractivity contribution in [3.63, 3.8) is 0 Å². The topological polar surface area (TPSA) is 82.2 Å². The zero-order chi connectivity index (χ0) is 22.4. The molecule has 174 valence electrons. The lowest BCUT2D eigenvalue weighted by Crippen LogP contribution is -2.57. The monoisotopic (exact) mass is 452 g/mol. The van der Waals surface area contributed by atoms with Crippen molar-refractivity contribution in [3.8, 4) is 5.75 Å². The fourth-order valence-electron chi connectivity index (χ4n) is 4.48. The number of para-hydroxylation sites is 1. The van der Waals surface area contributed by atoms with E-state index >= 15 is 0 Å². The third-order valence-corrected chi connectivity index (χ3v) is 8.67. The first-order chi connectivity index (χ1) is 14.8. The van der Waals surface area contributed by atoms with Gasteiger partial charge in [-0.15, -0.1) is 0 Å². The second kappa shape index (κ2) is 10.8. The van der Waals surface area contributed by atoms with Gasteiger partial charge < -0.3 is 10.1 Å². The third kappa shape index (κ3) is 5.77. The largest absolute Gasteiger partial charge is 0.496 e. The molecule has 1 aliphatic heterocycles. The number of carbonyl (C=O) groups excluding carboxylic acids is 1. The molecular formula is C22H36N4O4S. The van der Waals surface area contributed by atoms with Gasteiger partial charge in [0.1, 0.15) is 5.75 Å². The van der Waals surface area contributed by atoms with Crippen LogP contribution >= 0.6 is 0 Å². The number of nitrogens with one attached hydrogen (secondary N) is 1. The van der Waals surface area contributed by atoms with Crippen molar-refractivity contribution in [2.75, 3.05) is 40.3 Å². The van der Waals surface area contributed by atoms with Crippen LogP contribution in [0.5, 0.6) is 5.75 Å². The highest BCUT2D eigenvalue weighted by Crippen LogP contribution is 2.25. The molecule has 1 saturated heterocycles. The van der Waals surface area contributed by atoms with E-state index in [9.17, 15) is 13.2 Å². The Morgan fingerprint density at radius 2 is 1.81 bits per heavy atom. The summed E-state index contributed by atoms with van der Waals surface area (Å²) < 4.78 is 34.6. The number of methoxy groups -OCH3 is 1. The number of hydrogen-bond acceptors (Lipinski definition) is 5. The average Bonchev–Trinajstić information content (AvgIpc) is 2.82. The van der Waals surface area contributed by atoms with Gasteiger partial charge in [-0.3, -0.25) is 9.69 Å². The Balaban J connectivity index is 1.50. The van der Waals surface area contributed by atoms with Gasteiger partial charge in [-0.25, -0.2) is 0 Å². The van der Waals surface area contributed by atoms with Gasteiger partial charge >= 0.3 is 0 Å². The molecule has 1 aliphatic carbocycles. The summed E-state index contributed by atoms with van der Waals surface area (Å²) in [4.78, 5) is 14.7. The van der Waals surface area contributed by atoms with E-state index in [1.165, 1.54) is 6.42 Å². The molecule has 2 fully saturated rings. The van der Waals surface area contributed by atoms with Crippen molar-refractivity contribution in [1.29, 1.82) is 0 Å². The molecule has 0 bridgehead atoms. The number of amides is 1. The number of piperazine rings is 1. The number of benzene rings is 1. The molecule has 31 heavy (non-hydrogen) atoms. The van der Waals surface area contributed by atoms with Gasteiger partial charge in [0.05, 0.1) is 13.2 Å². The van der Waals surface area contributed by atoms with Crippen molar-refractivity contribution in [2.45, 2.75) is 57.7 Å². The first kappa shape index (κ1) is 24.0. The summed E-state index contributed by atoms with van der Waals surface area (Å²) in [6.45, 7) is 4.17. The zero-order valence-corrected chi connectivity index (χ0v) is 19.7. The maximum atomic E-state index is 13.1. The molecule has 1 N–H and O–H groups in total. The van der Waals surface area contributed by atoms with Crippen LogP contribution in [-0.4, -0.2) is 80.3 Å². The maximum Gasteiger partial charge on any atom is 0.282 e. The van der Waals surface area contributed by atoms with Gasteiger partial charge in [-0.05, 0) is 25.8 Å². The van der Waals surface area contributed by atoms with Gasteiger partial charge in [0.2, 0.25) is 5.91 Å². The van der Waals surface area contributed by atoms with Gasteiger partial charge in [0, 0.05) is 51.4 Å². The van der Waals surface area contributed by atoms with Gasteiger partial charge in [-0.1, -0.05) is 37.5 Å².